The van der Waals surface area contributed by atoms with Crippen molar-refractivity contribution in [1.82, 2.24) is 29.1 Å². The van der Waals surface area contributed by atoms with E-state index in [9.17, 15) is 8.42 Å². The Labute approximate surface area is 223 Å². The quantitative estimate of drug-likeness (QED) is 0.421. The minimum atomic E-state index is -3.63. The third-order valence-corrected chi connectivity index (χ3v) is 8.98. The van der Waals surface area contributed by atoms with Gasteiger partial charge in [-0.1, -0.05) is 0 Å². The van der Waals surface area contributed by atoms with Gasteiger partial charge >= 0.3 is 0 Å². The van der Waals surface area contributed by atoms with Crippen LogP contribution in [0.15, 0.2) is 47.8 Å². The Balaban J connectivity index is 1.18. The SMILES string of the molecule is COc1cc(C)c(S(=O)(=O)N2CC(Oc3ccnc(N4CCCN(Cc5ncccn5)CC4)n3)C2)c(C)c1. The molecule has 0 saturated carbocycles. The van der Waals surface area contributed by atoms with Gasteiger partial charge in [0, 0.05) is 50.8 Å². The number of benzene rings is 1. The fourth-order valence-electron chi connectivity index (χ4n) is 4.90. The van der Waals surface area contributed by atoms with Crippen molar-refractivity contribution in [1.29, 1.82) is 0 Å². The molecule has 2 aliphatic rings. The highest BCUT2D eigenvalue weighted by molar-refractivity contribution is 7.89. The maximum atomic E-state index is 13.3. The van der Waals surface area contributed by atoms with E-state index in [-0.39, 0.29) is 19.2 Å². The van der Waals surface area contributed by atoms with Gasteiger partial charge in [0.1, 0.15) is 17.7 Å². The van der Waals surface area contributed by atoms with Crippen LogP contribution in [0, 0.1) is 13.8 Å². The molecule has 0 radical (unpaired) electrons. The van der Waals surface area contributed by atoms with Crippen molar-refractivity contribution in [2.75, 3.05) is 51.3 Å². The average molecular weight is 540 g/mol. The molecule has 38 heavy (non-hydrogen) atoms. The molecule has 12 heteroatoms. The number of ether oxygens (including phenoxy) is 2. The number of hydrogen-bond donors (Lipinski definition) is 0. The second kappa shape index (κ2) is 11.2. The van der Waals surface area contributed by atoms with Gasteiger partial charge in [0.25, 0.3) is 0 Å². The van der Waals surface area contributed by atoms with E-state index in [0.29, 0.717) is 33.6 Å². The van der Waals surface area contributed by atoms with Crippen LogP contribution in [0.4, 0.5) is 5.95 Å². The molecule has 202 valence electrons. The molecule has 0 unspecified atom stereocenters. The lowest BCUT2D eigenvalue weighted by Crippen LogP contribution is -2.56. The molecule has 2 saturated heterocycles. The standard InChI is InChI=1S/C26H33N7O4S/c1-19-14-21(36-3)15-20(2)25(19)38(34,35)33-16-22(17-33)37-24-6-9-29-26(30-24)32-11-5-10-31(12-13-32)18-23-27-7-4-8-28-23/h4,6-9,14-15,22H,5,10-13,16-18H2,1-3H3. The highest BCUT2D eigenvalue weighted by Gasteiger charge is 2.40. The summed E-state index contributed by atoms with van der Waals surface area (Å²) in [7, 11) is -2.06. The lowest BCUT2D eigenvalue weighted by molar-refractivity contribution is 0.0720. The lowest BCUT2D eigenvalue weighted by atomic mass is 10.1. The number of aromatic nitrogens is 4. The molecule has 0 aliphatic carbocycles. The minimum Gasteiger partial charge on any atom is -0.497 e. The number of sulfonamides is 1. The molecule has 0 N–H and O–H groups in total. The summed E-state index contributed by atoms with van der Waals surface area (Å²) in [5, 5.41) is 0. The lowest BCUT2D eigenvalue weighted by Gasteiger charge is -2.38. The normalized spacial score (nSPS) is 17.6. The third-order valence-electron chi connectivity index (χ3n) is 6.84. The van der Waals surface area contributed by atoms with Crippen LogP contribution in [0.3, 0.4) is 0 Å². The van der Waals surface area contributed by atoms with E-state index in [1.54, 1.807) is 57.7 Å². The number of hydrogen-bond acceptors (Lipinski definition) is 10. The predicted molar refractivity (Wildman–Crippen MR) is 142 cm³/mol. The van der Waals surface area contributed by atoms with Crippen LogP contribution in [-0.2, 0) is 16.6 Å². The monoisotopic (exact) mass is 539 g/mol. The summed E-state index contributed by atoms with van der Waals surface area (Å²) in [4.78, 5) is 22.6. The molecule has 4 heterocycles. The van der Waals surface area contributed by atoms with Crippen molar-refractivity contribution in [3.05, 3.63) is 59.8 Å². The van der Waals surface area contributed by atoms with Crippen LogP contribution in [0.1, 0.15) is 23.4 Å². The fraction of sp³-hybridized carbons (Fsp3) is 0.462. The second-order valence-corrected chi connectivity index (χ2v) is 11.5. The van der Waals surface area contributed by atoms with Crippen molar-refractivity contribution in [3.8, 4) is 11.6 Å². The van der Waals surface area contributed by atoms with E-state index >= 15 is 0 Å². The Hall–Kier alpha value is -3.35. The van der Waals surface area contributed by atoms with E-state index < -0.39 is 10.0 Å². The zero-order valence-electron chi connectivity index (χ0n) is 21.9. The Morgan fingerprint density at radius 3 is 2.42 bits per heavy atom. The first-order valence-corrected chi connectivity index (χ1v) is 14.2. The van der Waals surface area contributed by atoms with Gasteiger partial charge in [0.2, 0.25) is 21.9 Å². The molecule has 11 nitrogen and oxygen atoms in total. The average Bonchev–Trinajstić information content (AvgIpc) is 3.11. The van der Waals surface area contributed by atoms with Crippen LogP contribution in [-0.4, -0.2) is 90.0 Å². The summed E-state index contributed by atoms with van der Waals surface area (Å²) >= 11 is 0. The van der Waals surface area contributed by atoms with Gasteiger partial charge in [-0.2, -0.15) is 9.29 Å². The highest BCUT2D eigenvalue weighted by atomic mass is 32.2. The van der Waals surface area contributed by atoms with Crippen molar-refractivity contribution in [3.63, 3.8) is 0 Å². The largest absolute Gasteiger partial charge is 0.497 e. The molecule has 2 fully saturated rings. The van der Waals surface area contributed by atoms with Crippen LogP contribution >= 0.6 is 0 Å². The summed E-state index contributed by atoms with van der Waals surface area (Å²) in [6.07, 6.45) is 5.93. The van der Waals surface area contributed by atoms with E-state index in [0.717, 1.165) is 45.0 Å². The Bertz CT molecular complexity index is 1340. The summed E-state index contributed by atoms with van der Waals surface area (Å²) in [6.45, 7) is 8.26. The van der Waals surface area contributed by atoms with Gasteiger partial charge in [-0.15, -0.1) is 0 Å². The zero-order chi connectivity index (χ0) is 26.7. The Morgan fingerprint density at radius 1 is 0.974 bits per heavy atom. The molecular formula is C26H33N7O4S. The van der Waals surface area contributed by atoms with E-state index in [1.807, 2.05) is 6.07 Å². The topological polar surface area (TPSA) is 114 Å². The number of nitrogens with zero attached hydrogens (tertiary/aromatic N) is 7. The first kappa shape index (κ1) is 26.3. The van der Waals surface area contributed by atoms with Gasteiger partial charge in [0.05, 0.1) is 31.6 Å². The van der Waals surface area contributed by atoms with Crippen molar-refractivity contribution in [2.24, 2.45) is 0 Å². The van der Waals surface area contributed by atoms with Gasteiger partial charge in [-0.05, 0) is 49.6 Å². The molecule has 2 aliphatic heterocycles. The fourth-order valence-corrected chi connectivity index (χ4v) is 6.81. The predicted octanol–water partition coefficient (Wildman–Crippen LogP) is 2.06. The Kier molecular flexibility index (Phi) is 7.73. The summed E-state index contributed by atoms with van der Waals surface area (Å²) in [5.74, 6) is 2.54. The third kappa shape index (κ3) is 5.71. The van der Waals surface area contributed by atoms with E-state index in [2.05, 4.69) is 29.7 Å². The highest BCUT2D eigenvalue weighted by Crippen LogP contribution is 2.31. The first-order valence-electron chi connectivity index (χ1n) is 12.7. The molecule has 2 aromatic heterocycles. The number of rotatable bonds is 8. The number of anilines is 1. The maximum absolute atomic E-state index is 13.3. The number of methoxy groups -OCH3 is 1. The van der Waals surface area contributed by atoms with Crippen LogP contribution in [0.25, 0.3) is 0 Å². The van der Waals surface area contributed by atoms with Gasteiger partial charge in [0.15, 0.2) is 0 Å². The summed E-state index contributed by atoms with van der Waals surface area (Å²) in [5.41, 5.74) is 1.33. The van der Waals surface area contributed by atoms with Crippen LogP contribution in [0.5, 0.6) is 11.6 Å². The molecule has 0 atom stereocenters. The van der Waals surface area contributed by atoms with Gasteiger partial charge in [-0.25, -0.2) is 23.4 Å². The van der Waals surface area contributed by atoms with Gasteiger partial charge in [-0.3, -0.25) is 4.90 Å². The smallest absolute Gasteiger partial charge is 0.243 e. The molecule has 1 aromatic carbocycles. The number of aryl methyl sites for hydroxylation is 2. The van der Waals surface area contributed by atoms with E-state index in [1.165, 1.54) is 4.31 Å². The molecule has 0 bridgehead atoms. The molecule has 3 aromatic rings. The summed E-state index contributed by atoms with van der Waals surface area (Å²) < 4.78 is 39.3. The first-order chi connectivity index (χ1) is 18.3. The van der Waals surface area contributed by atoms with E-state index in [4.69, 9.17) is 9.47 Å². The van der Waals surface area contributed by atoms with Crippen LogP contribution < -0.4 is 14.4 Å². The molecular weight excluding hydrogens is 506 g/mol. The molecule has 5 rings (SSSR count). The van der Waals surface area contributed by atoms with Crippen molar-refractivity contribution >= 4 is 16.0 Å². The Morgan fingerprint density at radius 2 is 1.71 bits per heavy atom. The van der Waals surface area contributed by atoms with Crippen LogP contribution in [0.2, 0.25) is 0 Å². The minimum absolute atomic E-state index is 0.267. The van der Waals surface area contributed by atoms with Crippen molar-refractivity contribution < 1.29 is 17.9 Å². The zero-order valence-corrected chi connectivity index (χ0v) is 22.8. The van der Waals surface area contributed by atoms with Crippen molar-refractivity contribution in [2.45, 2.75) is 37.8 Å². The summed E-state index contributed by atoms with van der Waals surface area (Å²) in [6, 6.07) is 7.03. The van der Waals surface area contributed by atoms with Gasteiger partial charge < -0.3 is 14.4 Å². The molecule has 0 amide bonds. The second-order valence-electron chi connectivity index (χ2n) is 9.63. The maximum Gasteiger partial charge on any atom is 0.243 e. The molecule has 0 spiro atoms.